The smallest absolute Gasteiger partial charge is 0.252 e. The van der Waals surface area contributed by atoms with Gasteiger partial charge in [-0.05, 0) is 42.5 Å². The van der Waals surface area contributed by atoms with Gasteiger partial charge in [0.05, 0.1) is 15.5 Å². The molecule has 1 fully saturated rings. The van der Waals surface area contributed by atoms with Crippen LogP contribution in [0.4, 0.5) is 0 Å². The molecule has 3 rings (SSSR count). The van der Waals surface area contributed by atoms with Crippen molar-refractivity contribution in [2.45, 2.75) is 30.6 Å². The van der Waals surface area contributed by atoms with Gasteiger partial charge < -0.3 is 5.32 Å². The highest BCUT2D eigenvalue weighted by molar-refractivity contribution is 7.89. The molecule has 2 aromatic rings. The van der Waals surface area contributed by atoms with Crippen molar-refractivity contribution in [3.8, 4) is 0 Å². The fraction of sp³-hybridized carbons (Fsp3) is 0.350. The highest BCUT2D eigenvalue weighted by Crippen LogP contribution is 2.25. The maximum Gasteiger partial charge on any atom is 0.252 e. The summed E-state index contributed by atoms with van der Waals surface area (Å²) in [4.78, 5) is 12.7. The number of nitrogens with zero attached hydrogens (tertiary/aromatic N) is 1. The first kappa shape index (κ1) is 19.9. The first-order valence-electron chi connectivity index (χ1n) is 9.02. The van der Waals surface area contributed by atoms with Crippen LogP contribution >= 0.6 is 11.6 Å². The quantitative estimate of drug-likeness (QED) is 0.796. The van der Waals surface area contributed by atoms with E-state index in [-0.39, 0.29) is 27.3 Å². The number of halogens is 1. The molecule has 5 nitrogen and oxygen atoms in total. The molecule has 1 aliphatic heterocycles. The molecule has 0 spiro atoms. The van der Waals surface area contributed by atoms with Crippen molar-refractivity contribution in [2.24, 2.45) is 0 Å². The number of sulfonamides is 1. The molecule has 0 saturated carbocycles. The minimum atomic E-state index is -3.59. The molecule has 27 heavy (non-hydrogen) atoms. The van der Waals surface area contributed by atoms with E-state index < -0.39 is 10.0 Å². The summed E-state index contributed by atoms with van der Waals surface area (Å²) in [6.45, 7) is 3.48. The van der Waals surface area contributed by atoms with Crippen molar-refractivity contribution in [1.82, 2.24) is 9.62 Å². The van der Waals surface area contributed by atoms with E-state index in [0.29, 0.717) is 19.6 Å². The number of hydrogen-bond donors (Lipinski definition) is 1. The molecule has 1 aliphatic rings. The van der Waals surface area contributed by atoms with Gasteiger partial charge in [0.2, 0.25) is 10.0 Å². The monoisotopic (exact) mass is 406 g/mol. The third-order valence-electron chi connectivity index (χ3n) is 4.82. The average Bonchev–Trinajstić information content (AvgIpc) is 3.22. The molecule has 1 saturated heterocycles. The Bertz CT molecular complexity index is 910. The van der Waals surface area contributed by atoms with Crippen LogP contribution < -0.4 is 5.32 Å². The second kappa shape index (κ2) is 8.42. The lowest BCUT2D eigenvalue weighted by Crippen LogP contribution is -2.30. The average molecular weight is 407 g/mol. The summed E-state index contributed by atoms with van der Waals surface area (Å²) >= 11 is 6.16. The van der Waals surface area contributed by atoms with Crippen molar-refractivity contribution >= 4 is 27.5 Å². The molecule has 1 N–H and O–H groups in total. The lowest BCUT2D eigenvalue weighted by atomic mass is 10.0. The van der Waals surface area contributed by atoms with Gasteiger partial charge in [-0.25, -0.2) is 8.42 Å². The second-order valence-corrected chi connectivity index (χ2v) is 9.12. The minimum absolute atomic E-state index is 0.107. The number of rotatable bonds is 6. The Balaban J connectivity index is 1.75. The van der Waals surface area contributed by atoms with E-state index >= 15 is 0 Å². The lowest BCUT2D eigenvalue weighted by molar-refractivity contribution is 0.0951. The van der Waals surface area contributed by atoms with Crippen molar-refractivity contribution in [3.05, 3.63) is 64.7 Å². The van der Waals surface area contributed by atoms with Crippen LogP contribution in [0.15, 0.2) is 53.4 Å². The number of benzene rings is 2. The maximum absolute atomic E-state index is 12.7. The van der Waals surface area contributed by atoms with Crippen molar-refractivity contribution in [3.63, 3.8) is 0 Å². The Morgan fingerprint density at radius 1 is 1.15 bits per heavy atom. The predicted molar refractivity (Wildman–Crippen MR) is 107 cm³/mol. The predicted octanol–water partition coefficient (Wildman–Crippen LogP) is 3.66. The second-order valence-electron chi connectivity index (χ2n) is 6.77. The molecular weight excluding hydrogens is 384 g/mol. The van der Waals surface area contributed by atoms with Crippen LogP contribution in [0.5, 0.6) is 0 Å². The Kier molecular flexibility index (Phi) is 6.19. The normalized spacial score (nSPS) is 16.2. The van der Waals surface area contributed by atoms with Gasteiger partial charge in [-0.1, -0.05) is 48.9 Å². The van der Waals surface area contributed by atoms with Gasteiger partial charge in [-0.15, -0.1) is 0 Å². The van der Waals surface area contributed by atoms with Crippen LogP contribution in [-0.4, -0.2) is 38.3 Å². The van der Waals surface area contributed by atoms with E-state index in [2.05, 4.69) is 5.32 Å². The molecule has 2 aromatic carbocycles. The summed E-state index contributed by atoms with van der Waals surface area (Å²) in [5.74, 6) is -0.244. The molecule has 0 aromatic heterocycles. The molecule has 0 bridgehead atoms. The van der Waals surface area contributed by atoms with Crippen LogP contribution in [0.3, 0.4) is 0 Å². The van der Waals surface area contributed by atoms with Gasteiger partial charge in [0.1, 0.15) is 0 Å². The molecule has 7 heteroatoms. The zero-order chi connectivity index (χ0) is 19.4. The van der Waals surface area contributed by atoms with Crippen molar-refractivity contribution < 1.29 is 13.2 Å². The summed E-state index contributed by atoms with van der Waals surface area (Å²) in [6.07, 6.45) is 1.72. The lowest BCUT2D eigenvalue weighted by Gasteiger charge is -2.17. The topological polar surface area (TPSA) is 66.5 Å². The van der Waals surface area contributed by atoms with E-state index in [1.165, 1.54) is 22.5 Å². The first-order chi connectivity index (χ1) is 12.9. The fourth-order valence-corrected chi connectivity index (χ4v) is 4.90. The van der Waals surface area contributed by atoms with Gasteiger partial charge in [-0.3, -0.25) is 4.79 Å². The molecule has 1 unspecified atom stereocenters. The highest BCUT2D eigenvalue weighted by atomic mass is 35.5. The number of amides is 1. The Hall–Kier alpha value is -1.89. The van der Waals surface area contributed by atoms with Crippen LogP contribution in [0.1, 0.15) is 41.6 Å². The Morgan fingerprint density at radius 3 is 2.48 bits per heavy atom. The van der Waals surface area contributed by atoms with Crippen LogP contribution in [-0.2, 0) is 10.0 Å². The van der Waals surface area contributed by atoms with Gasteiger partial charge in [0.15, 0.2) is 0 Å². The molecule has 144 valence electrons. The van der Waals surface area contributed by atoms with Crippen LogP contribution in [0.2, 0.25) is 5.02 Å². The van der Waals surface area contributed by atoms with E-state index in [1.54, 1.807) is 0 Å². The summed E-state index contributed by atoms with van der Waals surface area (Å²) < 4.78 is 26.9. The Labute approximate surface area is 165 Å². The van der Waals surface area contributed by atoms with Gasteiger partial charge in [-0.2, -0.15) is 4.31 Å². The van der Waals surface area contributed by atoms with Crippen LogP contribution in [0.25, 0.3) is 0 Å². The minimum Gasteiger partial charge on any atom is -0.351 e. The zero-order valence-corrected chi connectivity index (χ0v) is 16.8. The zero-order valence-electron chi connectivity index (χ0n) is 15.2. The molecule has 0 aliphatic carbocycles. The largest absolute Gasteiger partial charge is 0.351 e. The summed E-state index contributed by atoms with van der Waals surface area (Å²) in [6, 6.07) is 14.2. The first-order valence-corrected chi connectivity index (χ1v) is 10.8. The van der Waals surface area contributed by atoms with E-state index in [0.717, 1.165) is 18.4 Å². The van der Waals surface area contributed by atoms with E-state index in [4.69, 9.17) is 11.6 Å². The van der Waals surface area contributed by atoms with E-state index in [1.807, 2.05) is 37.3 Å². The van der Waals surface area contributed by atoms with Crippen LogP contribution in [0, 0.1) is 0 Å². The molecule has 0 radical (unpaired) electrons. The van der Waals surface area contributed by atoms with Crippen molar-refractivity contribution in [2.75, 3.05) is 19.6 Å². The Morgan fingerprint density at radius 2 is 1.81 bits per heavy atom. The summed E-state index contributed by atoms with van der Waals surface area (Å²) in [5, 5.41) is 3.09. The highest BCUT2D eigenvalue weighted by Gasteiger charge is 2.28. The van der Waals surface area contributed by atoms with Gasteiger partial charge >= 0.3 is 0 Å². The third kappa shape index (κ3) is 4.51. The maximum atomic E-state index is 12.7. The van der Waals surface area contributed by atoms with Gasteiger partial charge in [0.25, 0.3) is 5.91 Å². The fourth-order valence-electron chi connectivity index (χ4n) is 3.16. The third-order valence-corrected chi connectivity index (χ3v) is 7.05. The number of carbonyl (C=O) groups excluding carboxylic acids is 1. The molecule has 1 heterocycles. The standard InChI is InChI=1S/C20H23ClN2O3S/c1-15(16-7-3-2-4-8-16)14-22-20(24)18-13-17(9-10-19(18)21)27(25,26)23-11-5-6-12-23/h2-4,7-10,13,15H,5-6,11-12,14H2,1H3,(H,22,24). The summed E-state index contributed by atoms with van der Waals surface area (Å²) in [7, 11) is -3.59. The summed E-state index contributed by atoms with van der Waals surface area (Å²) in [5.41, 5.74) is 1.30. The number of carbonyl (C=O) groups is 1. The van der Waals surface area contributed by atoms with E-state index in [9.17, 15) is 13.2 Å². The molecule has 1 atom stereocenters. The van der Waals surface area contributed by atoms with Gasteiger partial charge in [0, 0.05) is 19.6 Å². The van der Waals surface area contributed by atoms with Crippen molar-refractivity contribution in [1.29, 1.82) is 0 Å². The number of hydrogen-bond acceptors (Lipinski definition) is 3. The number of nitrogens with one attached hydrogen (secondary N) is 1. The molecular formula is C20H23ClN2O3S. The molecule has 1 amide bonds. The SMILES string of the molecule is CC(CNC(=O)c1cc(S(=O)(=O)N2CCCC2)ccc1Cl)c1ccccc1.